The Bertz CT molecular complexity index is 778. The maximum absolute atomic E-state index is 12.2. The Labute approximate surface area is 145 Å². The van der Waals surface area contributed by atoms with Crippen molar-refractivity contribution in [3.8, 4) is 5.75 Å². The van der Waals surface area contributed by atoms with Gasteiger partial charge in [-0.3, -0.25) is 19.6 Å². The lowest BCUT2D eigenvalue weighted by Gasteiger charge is -2.47. The molecule has 8 heteroatoms. The van der Waals surface area contributed by atoms with E-state index in [9.17, 15) is 14.9 Å². The van der Waals surface area contributed by atoms with Crippen molar-refractivity contribution in [2.24, 2.45) is 5.41 Å². The normalized spacial score (nSPS) is 15.5. The third-order valence-corrected chi connectivity index (χ3v) is 4.23. The minimum Gasteiger partial charge on any atom is -0.493 e. The highest BCUT2D eigenvalue weighted by Crippen LogP contribution is 2.31. The van der Waals surface area contributed by atoms with Gasteiger partial charge in [-0.15, -0.1) is 0 Å². The van der Waals surface area contributed by atoms with Crippen LogP contribution in [0.3, 0.4) is 0 Å². The average Bonchev–Trinajstić information content (AvgIpc) is 3.00. The molecule has 1 aromatic carbocycles. The first-order valence-corrected chi connectivity index (χ1v) is 7.99. The number of ether oxygens (including phenoxy) is 1. The molecule has 2 heterocycles. The largest absolute Gasteiger partial charge is 0.493 e. The lowest BCUT2D eigenvalue weighted by atomic mass is 9.83. The Morgan fingerprint density at radius 1 is 1.36 bits per heavy atom. The number of carbonyl (C=O) groups excluding carboxylic acids is 1. The van der Waals surface area contributed by atoms with Gasteiger partial charge in [-0.1, -0.05) is 24.6 Å². The van der Waals surface area contributed by atoms with Gasteiger partial charge in [0.2, 0.25) is 5.91 Å². The number of aromatic nitrogens is 2. The number of amides is 1. The summed E-state index contributed by atoms with van der Waals surface area (Å²) in [7, 11) is 0. The van der Waals surface area contributed by atoms with E-state index in [-0.39, 0.29) is 23.6 Å². The fourth-order valence-corrected chi connectivity index (χ4v) is 2.81. The smallest absolute Gasteiger partial charge is 0.307 e. The van der Waals surface area contributed by atoms with Gasteiger partial charge in [-0.25, -0.2) is 0 Å². The van der Waals surface area contributed by atoms with Crippen LogP contribution >= 0.6 is 0 Å². The van der Waals surface area contributed by atoms with E-state index in [1.165, 1.54) is 16.4 Å². The zero-order chi connectivity index (χ0) is 18.0. The van der Waals surface area contributed by atoms with Crippen molar-refractivity contribution in [1.29, 1.82) is 0 Å². The van der Waals surface area contributed by atoms with Crippen LogP contribution in [0, 0.1) is 22.5 Å². The molecule has 1 fully saturated rings. The number of nitrogens with zero attached hydrogens (tertiary/aromatic N) is 4. The maximum atomic E-state index is 12.2. The molecule has 0 unspecified atom stereocenters. The molecule has 132 valence electrons. The van der Waals surface area contributed by atoms with Crippen molar-refractivity contribution in [3.05, 3.63) is 52.3 Å². The molecule has 1 aliphatic rings. The second-order valence-corrected chi connectivity index (χ2v) is 6.82. The zero-order valence-corrected chi connectivity index (χ0v) is 14.2. The Morgan fingerprint density at radius 2 is 2.04 bits per heavy atom. The number of aryl methyl sites for hydroxylation is 1. The standard InChI is InChI=1S/C17H20N4O4/c1-13-3-5-15(6-4-13)25-12-17(2)10-19(11-17)16(22)9-20-8-14(7-18-20)21(23)24/h3-8H,9-12H2,1-2H3. The van der Waals surface area contributed by atoms with Gasteiger partial charge < -0.3 is 9.64 Å². The third kappa shape index (κ3) is 3.96. The van der Waals surface area contributed by atoms with Crippen molar-refractivity contribution < 1.29 is 14.5 Å². The number of benzene rings is 1. The number of hydrogen-bond acceptors (Lipinski definition) is 5. The van der Waals surface area contributed by atoms with Crippen molar-refractivity contribution >= 4 is 11.6 Å². The van der Waals surface area contributed by atoms with Gasteiger partial charge in [0.15, 0.2) is 0 Å². The monoisotopic (exact) mass is 344 g/mol. The van der Waals surface area contributed by atoms with Crippen LogP contribution in [0.4, 0.5) is 5.69 Å². The van der Waals surface area contributed by atoms with Crippen molar-refractivity contribution in [3.63, 3.8) is 0 Å². The molecule has 1 amide bonds. The molecule has 1 aliphatic heterocycles. The Hall–Kier alpha value is -2.90. The molecular weight excluding hydrogens is 324 g/mol. The van der Waals surface area contributed by atoms with E-state index in [1.54, 1.807) is 4.90 Å². The van der Waals surface area contributed by atoms with E-state index in [0.717, 1.165) is 11.9 Å². The third-order valence-electron chi connectivity index (χ3n) is 4.23. The summed E-state index contributed by atoms with van der Waals surface area (Å²) >= 11 is 0. The van der Waals surface area contributed by atoms with Gasteiger partial charge in [-0.05, 0) is 19.1 Å². The first kappa shape index (κ1) is 16.9. The molecule has 1 saturated heterocycles. The quantitative estimate of drug-likeness (QED) is 0.591. The zero-order valence-electron chi connectivity index (χ0n) is 14.2. The summed E-state index contributed by atoms with van der Waals surface area (Å²) in [6.45, 7) is 5.83. The highest BCUT2D eigenvalue weighted by molar-refractivity contribution is 5.77. The molecule has 8 nitrogen and oxygen atoms in total. The van der Waals surface area contributed by atoms with Crippen LogP contribution in [-0.4, -0.2) is 45.2 Å². The van der Waals surface area contributed by atoms with Crippen LogP contribution in [0.25, 0.3) is 0 Å². The van der Waals surface area contributed by atoms with E-state index in [1.807, 2.05) is 31.2 Å². The number of hydrogen-bond donors (Lipinski definition) is 0. The first-order valence-electron chi connectivity index (χ1n) is 7.99. The van der Waals surface area contributed by atoms with E-state index >= 15 is 0 Å². The summed E-state index contributed by atoms with van der Waals surface area (Å²) in [4.78, 5) is 24.0. The van der Waals surface area contributed by atoms with Crippen LogP contribution in [0.5, 0.6) is 5.75 Å². The van der Waals surface area contributed by atoms with Gasteiger partial charge in [0.1, 0.15) is 24.7 Å². The van der Waals surface area contributed by atoms with E-state index in [2.05, 4.69) is 12.0 Å². The Morgan fingerprint density at radius 3 is 2.64 bits per heavy atom. The summed E-state index contributed by atoms with van der Waals surface area (Å²) in [6, 6.07) is 7.87. The SMILES string of the molecule is Cc1ccc(OCC2(C)CN(C(=O)Cn3cc([N+](=O)[O-])cn3)C2)cc1. The van der Waals surface area contributed by atoms with E-state index in [4.69, 9.17) is 4.74 Å². The second-order valence-electron chi connectivity index (χ2n) is 6.82. The van der Waals surface area contributed by atoms with Crippen LogP contribution in [-0.2, 0) is 11.3 Å². The molecule has 1 aromatic heterocycles. The molecule has 25 heavy (non-hydrogen) atoms. The molecule has 0 bridgehead atoms. The predicted molar refractivity (Wildman–Crippen MR) is 90.2 cm³/mol. The topological polar surface area (TPSA) is 90.5 Å². The molecule has 0 spiro atoms. The summed E-state index contributed by atoms with van der Waals surface area (Å²) < 4.78 is 7.10. The fraction of sp³-hybridized carbons (Fsp3) is 0.412. The summed E-state index contributed by atoms with van der Waals surface area (Å²) in [6.07, 6.45) is 2.40. The Balaban J connectivity index is 1.47. The van der Waals surface area contributed by atoms with Crippen molar-refractivity contribution in [2.45, 2.75) is 20.4 Å². The molecule has 0 aliphatic carbocycles. The second kappa shape index (κ2) is 6.54. The van der Waals surface area contributed by atoms with Crippen LogP contribution in [0.15, 0.2) is 36.7 Å². The van der Waals surface area contributed by atoms with Gasteiger partial charge in [0.25, 0.3) is 0 Å². The molecular formula is C17H20N4O4. The summed E-state index contributed by atoms with van der Waals surface area (Å²) in [5, 5.41) is 14.5. The predicted octanol–water partition coefficient (Wildman–Crippen LogP) is 2.03. The van der Waals surface area contributed by atoms with Gasteiger partial charge in [-0.2, -0.15) is 5.10 Å². The highest BCUT2D eigenvalue weighted by Gasteiger charge is 2.42. The van der Waals surface area contributed by atoms with E-state index < -0.39 is 4.92 Å². The first-order chi connectivity index (χ1) is 11.8. The molecule has 3 rings (SSSR count). The molecule has 0 atom stereocenters. The van der Waals surface area contributed by atoms with Crippen LogP contribution in [0.1, 0.15) is 12.5 Å². The molecule has 0 N–H and O–H groups in total. The van der Waals surface area contributed by atoms with E-state index in [0.29, 0.717) is 19.7 Å². The summed E-state index contributed by atoms with van der Waals surface area (Å²) in [5.41, 5.74) is 0.974. The average molecular weight is 344 g/mol. The minimum atomic E-state index is -0.531. The summed E-state index contributed by atoms with van der Waals surface area (Å²) in [5.74, 6) is 0.714. The van der Waals surface area contributed by atoms with Gasteiger partial charge >= 0.3 is 5.69 Å². The minimum absolute atomic E-state index is 0.00272. The number of carbonyl (C=O) groups is 1. The lowest BCUT2D eigenvalue weighted by Crippen LogP contribution is -2.60. The van der Waals surface area contributed by atoms with Crippen LogP contribution in [0.2, 0.25) is 0 Å². The Kier molecular flexibility index (Phi) is 4.43. The molecule has 0 saturated carbocycles. The van der Waals surface area contributed by atoms with Crippen molar-refractivity contribution in [1.82, 2.24) is 14.7 Å². The number of nitro groups is 1. The van der Waals surface area contributed by atoms with Gasteiger partial charge in [0, 0.05) is 18.5 Å². The van der Waals surface area contributed by atoms with Crippen molar-refractivity contribution in [2.75, 3.05) is 19.7 Å². The molecule has 2 aromatic rings. The lowest BCUT2D eigenvalue weighted by molar-refractivity contribution is -0.385. The molecule has 0 radical (unpaired) electrons. The van der Waals surface area contributed by atoms with Gasteiger partial charge in [0.05, 0.1) is 11.5 Å². The maximum Gasteiger partial charge on any atom is 0.307 e. The number of rotatable bonds is 6. The number of likely N-dealkylation sites (tertiary alicyclic amines) is 1. The highest BCUT2D eigenvalue weighted by atomic mass is 16.6. The fourth-order valence-electron chi connectivity index (χ4n) is 2.81. The van der Waals surface area contributed by atoms with Crippen LogP contribution < -0.4 is 4.74 Å².